The van der Waals surface area contributed by atoms with Crippen molar-refractivity contribution >= 4 is 11.0 Å². The summed E-state index contributed by atoms with van der Waals surface area (Å²) in [4.78, 5) is 11.4. The molecule has 1 aromatic heterocycles. The standard InChI is InChI=1S/C15H16O6/c1-8-4-14(17)20-12-5-9(2-3-10(8)12)19-7-13-11(16)6-15(18)21-13/h2-5,11,13,15-16,18H,6-7H2,1H3/t11-,13-,15?/m1/s1. The normalized spacial score (nSPS) is 25.4. The van der Waals surface area contributed by atoms with Gasteiger partial charge in [-0.1, -0.05) is 0 Å². The molecular weight excluding hydrogens is 276 g/mol. The lowest BCUT2D eigenvalue weighted by atomic mass is 10.1. The van der Waals surface area contributed by atoms with Crippen LogP contribution in [-0.4, -0.2) is 35.3 Å². The Bertz CT molecular complexity index is 707. The number of rotatable bonds is 3. The monoisotopic (exact) mass is 292 g/mol. The predicted molar refractivity (Wildman–Crippen MR) is 74.2 cm³/mol. The van der Waals surface area contributed by atoms with E-state index in [0.29, 0.717) is 11.3 Å². The third-order valence-electron chi connectivity index (χ3n) is 3.54. The molecule has 1 unspecified atom stereocenters. The quantitative estimate of drug-likeness (QED) is 0.819. The van der Waals surface area contributed by atoms with Crippen molar-refractivity contribution in [1.29, 1.82) is 0 Å². The Morgan fingerprint density at radius 3 is 2.86 bits per heavy atom. The van der Waals surface area contributed by atoms with Gasteiger partial charge in [0.05, 0.1) is 6.10 Å². The second kappa shape index (κ2) is 5.48. The highest BCUT2D eigenvalue weighted by molar-refractivity contribution is 5.81. The van der Waals surface area contributed by atoms with Gasteiger partial charge in [0, 0.05) is 23.9 Å². The molecule has 0 saturated carbocycles. The summed E-state index contributed by atoms with van der Waals surface area (Å²) in [6.45, 7) is 1.95. The Kier molecular flexibility index (Phi) is 3.67. The van der Waals surface area contributed by atoms with E-state index in [1.807, 2.05) is 13.0 Å². The van der Waals surface area contributed by atoms with E-state index >= 15 is 0 Å². The van der Waals surface area contributed by atoms with Crippen molar-refractivity contribution in [3.63, 3.8) is 0 Å². The van der Waals surface area contributed by atoms with Gasteiger partial charge in [-0.05, 0) is 24.6 Å². The molecule has 2 heterocycles. The molecule has 0 aliphatic carbocycles. The molecule has 6 nitrogen and oxygen atoms in total. The minimum Gasteiger partial charge on any atom is -0.491 e. The van der Waals surface area contributed by atoms with E-state index in [1.54, 1.807) is 12.1 Å². The van der Waals surface area contributed by atoms with Crippen LogP contribution in [0, 0.1) is 6.92 Å². The maximum atomic E-state index is 11.4. The summed E-state index contributed by atoms with van der Waals surface area (Å²) >= 11 is 0. The Morgan fingerprint density at radius 1 is 1.33 bits per heavy atom. The molecule has 21 heavy (non-hydrogen) atoms. The van der Waals surface area contributed by atoms with Crippen LogP contribution in [0.4, 0.5) is 0 Å². The summed E-state index contributed by atoms with van der Waals surface area (Å²) in [5, 5.41) is 19.8. The number of aliphatic hydroxyl groups excluding tert-OH is 2. The molecule has 0 spiro atoms. The molecule has 6 heteroatoms. The zero-order chi connectivity index (χ0) is 15.0. The summed E-state index contributed by atoms with van der Waals surface area (Å²) < 4.78 is 15.8. The maximum Gasteiger partial charge on any atom is 0.336 e. The molecule has 112 valence electrons. The van der Waals surface area contributed by atoms with Crippen LogP contribution in [0.1, 0.15) is 12.0 Å². The minimum absolute atomic E-state index is 0.111. The third-order valence-corrected chi connectivity index (χ3v) is 3.54. The van der Waals surface area contributed by atoms with Gasteiger partial charge in [-0.25, -0.2) is 4.79 Å². The molecule has 1 aliphatic rings. The molecule has 2 N–H and O–H groups in total. The lowest BCUT2D eigenvalue weighted by Gasteiger charge is -2.15. The summed E-state index contributed by atoms with van der Waals surface area (Å²) in [7, 11) is 0. The fourth-order valence-electron chi connectivity index (χ4n) is 2.43. The van der Waals surface area contributed by atoms with E-state index in [9.17, 15) is 15.0 Å². The highest BCUT2D eigenvalue weighted by Crippen LogP contribution is 2.24. The fourth-order valence-corrected chi connectivity index (χ4v) is 2.43. The molecule has 1 aliphatic heterocycles. The Balaban J connectivity index is 1.77. The van der Waals surface area contributed by atoms with Crippen molar-refractivity contribution in [2.24, 2.45) is 0 Å². The van der Waals surface area contributed by atoms with Gasteiger partial charge in [-0.15, -0.1) is 0 Å². The largest absolute Gasteiger partial charge is 0.491 e. The first-order valence-corrected chi connectivity index (χ1v) is 6.72. The number of benzene rings is 1. The summed E-state index contributed by atoms with van der Waals surface area (Å²) in [5.74, 6) is 0.508. The SMILES string of the molecule is Cc1cc(=O)oc2cc(OC[C@H]3OC(O)C[C@H]3O)ccc12. The van der Waals surface area contributed by atoms with Crippen LogP contribution in [0.3, 0.4) is 0 Å². The van der Waals surface area contributed by atoms with E-state index in [1.165, 1.54) is 6.07 Å². The van der Waals surface area contributed by atoms with Crippen LogP contribution < -0.4 is 10.4 Å². The van der Waals surface area contributed by atoms with Crippen molar-refractivity contribution in [1.82, 2.24) is 0 Å². The van der Waals surface area contributed by atoms with Crippen LogP contribution in [0.25, 0.3) is 11.0 Å². The average Bonchev–Trinajstić information content (AvgIpc) is 2.74. The van der Waals surface area contributed by atoms with E-state index in [4.69, 9.17) is 13.9 Å². The molecule has 0 amide bonds. The maximum absolute atomic E-state index is 11.4. The first kappa shape index (κ1) is 14.1. The zero-order valence-electron chi connectivity index (χ0n) is 11.5. The minimum atomic E-state index is -0.953. The van der Waals surface area contributed by atoms with Crippen LogP contribution in [0.5, 0.6) is 5.75 Å². The number of hydrogen-bond donors (Lipinski definition) is 2. The molecule has 1 fully saturated rings. The summed E-state index contributed by atoms with van der Waals surface area (Å²) in [6, 6.07) is 6.63. The first-order valence-electron chi connectivity index (χ1n) is 6.72. The van der Waals surface area contributed by atoms with Gasteiger partial charge in [0.1, 0.15) is 24.0 Å². The Hall–Kier alpha value is -1.89. The van der Waals surface area contributed by atoms with Crippen molar-refractivity contribution in [3.8, 4) is 5.75 Å². The second-order valence-electron chi connectivity index (χ2n) is 5.15. The lowest BCUT2D eigenvalue weighted by Crippen LogP contribution is -2.28. The van der Waals surface area contributed by atoms with Crippen LogP contribution >= 0.6 is 0 Å². The third kappa shape index (κ3) is 2.92. The Morgan fingerprint density at radius 2 is 2.14 bits per heavy atom. The van der Waals surface area contributed by atoms with Crippen molar-refractivity contribution in [3.05, 3.63) is 40.2 Å². The number of aliphatic hydroxyl groups is 2. The molecule has 2 aromatic rings. The lowest BCUT2D eigenvalue weighted by molar-refractivity contribution is -0.104. The number of ether oxygens (including phenoxy) is 2. The molecule has 0 radical (unpaired) electrons. The van der Waals surface area contributed by atoms with Crippen LogP contribution in [0.15, 0.2) is 33.5 Å². The highest BCUT2D eigenvalue weighted by Gasteiger charge is 2.33. The van der Waals surface area contributed by atoms with Gasteiger partial charge in [0.15, 0.2) is 6.29 Å². The van der Waals surface area contributed by atoms with E-state index in [0.717, 1.165) is 10.9 Å². The number of hydrogen-bond acceptors (Lipinski definition) is 6. The summed E-state index contributed by atoms with van der Waals surface area (Å²) in [6.07, 6.45) is -2.09. The van der Waals surface area contributed by atoms with Crippen LogP contribution in [0.2, 0.25) is 0 Å². The van der Waals surface area contributed by atoms with Gasteiger partial charge >= 0.3 is 5.63 Å². The van der Waals surface area contributed by atoms with Gasteiger partial charge < -0.3 is 24.1 Å². The van der Waals surface area contributed by atoms with E-state index in [-0.39, 0.29) is 13.0 Å². The average molecular weight is 292 g/mol. The summed E-state index contributed by atoms with van der Waals surface area (Å²) in [5.41, 5.74) is 0.880. The highest BCUT2D eigenvalue weighted by atomic mass is 16.6. The molecule has 1 saturated heterocycles. The molecule has 0 bridgehead atoms. The topological polar surface area (TPSA) is 89.1 Å². The second-order valence-corrected chi connectivity index (χ2v) is 5.15. The molecule has 3 rings (SSSR count). The van der Waals surface area contributed by atoms with Gasteiger partial charge in [-0.3, -0.25) is 0 Å². The molecule has 3 atom stereocenters. The van der Waals surface area contributed by atoms with E-state index in [2.05, 4.69) is 0 Å². The van der Waals surface area contributed by atoms with Gasteiger partial charge in [-0.2, -0.15) is 0 Å². The Labute approximate surface area is 120 Å². The van der Waals surface area contributed by atoms with Crippen molar-refractivity contribution in [2.75, 3.05) is 6.61 Å². The van der Waals surface area contributed by atoms with E-state index < -0.39 is 24.1 Å². The predicted octanol–water partition coefficient (Wildman–Crippen LogP) is 0.948. The first-order chi connectivity index (χ1) is 10.0. The smallest absolute Gasteiger partial charge is 0.336 e. The zero-order valence-corrected chi connectivity index (χ0v) is 11.5. The molecular formula is C15H16O6. The number of fused-ring (bicyclic) bond motifs is 1. The number of aryl methyl sites for hydroxylation is 1. The van der Waals surface area contributed by atoms with Gasteiger partial charge in [0.2, 0.25) is 0 Å². The molecule has 1 aromatic carbocycles. The van der Waals surface area contributed by atoms with Crippen LogP contribution in [-0.2, 0) is 4.74 Å². The van der Waals surface area contributed by atoms with Crippen molar-refractivity contribution < 1.29 is 24.1 Å². The van der Waals surface area contributed by atoms with Crippen molar-refractivity contribution in [2.45, 2.75) is 31.8 Å². The fraction of sp³-hybridized carbons (Fsp3) is 0.400. The van der Waals surface area contributed by atoms with Gasteiger partial charge in [0.25, 0.3) is 0 Å².